The predicted octanol–water partition coefficient (Wildman–Crippen LogP) is 3.07. The number of nitrogens with zero attached hydrogens (tertiary/aromatic N) is 6. The van der Waals surface area contributed by atoms with Crippen molar-refractivity contribution in [2.75, 3.05) is 11.9 Å². The molecule has 14 heteroatoms. The number of rotatable bonds is 9. The largest absolute Gasteiger partial charge is 0.416 e. The number of benzene rings is 2. The number of aliphatic hydroxyl groups excluding tert-OH is 1. The number of aromatic nitrogens is 6. The molecule has 0 saturated carbocycles. The number of nitrogens with one attached hydrogen (secondary N) is 1. The van der Waals surface area contributed by atoms with Crippen LogP contribution in [0, 0.1) is 0 Å². The van der Waals surface area contributed by atoms with Crippen LogP contribution in [0.3, 0.4) is 0 Å². The molecule has 10 nitrogen and oxygen atoms in total. The van der Waals surface area contributed by atoms with E-state index in [4.69, 9.17) is 17.3 Å². The van der Waals surface area contributed by atoms with E-state index >= 15 is 0 Å². The van der Waals surface area contributed by atoms with Gasteiger partial charge in [-0.1, -0.05) is 29.8 Å². The summed E-state index contributed by atoms with van der Waals surface area (Å²) in [6.07, 6.45) is -7.69. The molecule has 2 heterocycles. The Hall–Kier alpha value is -3.68. The lowest BCUT2D eigenvalue weighted by Crippen LogP contribution is -2.40. The molecule has 0 amide bonds. The van der Waals surface area contributed by atoms with Gasteiger partial charge in [-0.15, -0.1) is 10.2 Å². The molecule has 0 saturated heterocycles. The molecule has 0 radical (unpaired) electrons. The summed E-state index contributed by atoms with van der Waals surface area (Å²) in [5.74, 6) is 0.472. The zero-order chi connectivity index (χ0) is 27.7. The summed E-state index contributed by atoms with van der Waals surface area (Å²) in [5.41, 5.74) is 5.70. The molecule has 1 atom stereocenters. The van der Waals surface area contributed by atoms with Crippen LogP contribution in [0.5, 0.6) is 0 Å². The number of anilines is 1. The summed E-state index contributed by atoms with van der Waals surface area (Å²) >= 11 is 5.93. The second-order valence-corrected chi connectivity index (χ2v) is 9.82. The van der Waals surface area contributed by atoms with Gasteiger partial charge < -0.3 is 16.2 Å². The van der Waals surface area contributed by atoms with Crippen molar-refractivity contribution in [2.24, 2.45) is 5.73 Å². The van der Waals surface area contributed by atoms with Gasteiger partial charge in [0.15, 0.2) is 17.8 Å². The fourth-order valence-electron chi connectivity index (χ4n) is 3.52. The van der Waals surface area contributed by atoms with Crippen LogP contribution in [0.1, 0.15) is 19.7 Å². The normalized spacial score (nSPS) is 13.1. The van der Waals surface area contributed by atoms with E-state index in [1.165, 1.54) is 28.9 Å². The van der Waals surface area contributed by atoms with Gasteiger partial charge in [0.2, 0.25) is 5.95 Å². The Morgan fingerprint density at radius 2 is 1.74 bits per heavy atom. The van der Waals surface area contributed by atoms with E-state index in [-0.39, 0.29) is 18.2 Å². The Kier molecular flexibility index (Phi) is 7.63. The van der Waals surface area contributed by atoms with Crippen molar-refractivity contribution in [3.05, 3.63) is 75.9 Å². The fourth-order valence-corrected chi connectivity index (χ4v) is 3.65. The number of para-hydroxylation sites is 1. The van der Waals surface area contributed by atoms with Crippen molar-refractivity contribution in [3.63, 3.8) is 0 Å². The van der Waals surface area contributed by atoms with Crippen LogP contribution in [0.25, 0.3) is 17.1 Å². The molecule has 0 spiro atoms. The fraction of sp³-hybridized carbons (Fsp3) is 0.333. The minimum Gasteiger partial charge on any atom is -0.382 e. The molecule has 0 fully saturated rings. The highest BCUT2D eigenvalue weighted by Crippen LogP contribution is 2.24. The zero-order valence-electron chi connectivity index (χ0n) is 20.5. The maximum absolute atomic E-state index is 13.2. The number of halogens is 4. The average molecular weight is 551 g/mol. The second kappa shape index (κ2) is 10.6. The third-order valence-electron chi connectivity index (χ3n) is 5.40. The highest BCUT2D eigenvalue weighted by molar-refractivity contribution is 6.30. The molecule has 2 aromatic carbocycles. The molecule has 0 aliphatic heterocycles. The molecular formula is C24H26ClF3N8O2. The van der Waals surface area contributed by atoms with Crippen molar-refractivity contribution in [2.45, 2.75) is 44.8 Å². The van der Waals surface area contributed by atoms with Gasteiger partial charge in [0.25, 0.3) is 0 Å². The van der Waals surface area contributed by atoms with Crippen LogP contribution >= 0.6 is 11.6 Å². The maximum Gasteiger partial charge on any atom is 0.416 e. The third-order valence-corrected chi connectivity index (χ3v) is 5.66. The monoisotopic (exact) mass is 550 g/mol. The van der Waals surface area contributed by atoms with E-state index in [2.05, 4.69) is 20.5 Å². The summed E-state index contributed by atoms with van der Waals surface area (Å²) in [4.78, 5) is 17.7. The number of aliphatic hydroxyl groups is 1. The number of hydrogen-bond acceptors (Lipinski definition) is 7. The standard InChI is InChI=1S/C24H26ClF3N8O2/c1-23(2,29)14-30-21-31-19(32-36(21)17-6-4-3-5-7-17)13-35-22(38)34(12-18(37)24(26,27)28)20(33-35)15-8-10-16(25)11-9-15/h3-11,18,37H,12-14,29H2,1-2H3,(H,30,31,32). The lowest BCUT2D eigenvalue weighted by Gasteiger charge is -2.19. The number of hydrogen-bond donors (Lipinski definition) is 3. The Labute approximate surface area is 220 Å². The van der Waals surface area contributed by atoms with Crippen molar-refractivity contribution in [3.8, 4) is 17.1 Å². The van der Waals surface area contributed by atoms with Crippen molar-refractivity contribution in [1.82, 2.24) is 29.1 Å². The summed E-state index contributed by atoms with van der Waals surface area (Å²) in [7, 11) is 0. The van der Waals surface area contributed by atoms with Gasteiger partial charge in [-0.3, -0.25) is 4.57 Å². The van der Waals surface area contributed by atoms with Gasteiger partial charge in [-0.05, 0) is 50.2 Å². The minimum atomic E-state index is -4.92. The van der Waals surface area contributed by atoms with Crippen molar-refractivity contribution >= 4 is 17.5 Å². The van der Waals surface area contributed by atoms with Gasteiger partial charge in [-0.25, -0.2) is 9.48 Å². The van der Waals surface area contributed by atoms with Crippen LogP contribution in [0.4, 0.5) is 19.1 Å². The SMILES string of the molecule is CC(C)(N)CNc1nc(Cn2nc(-c3ccc(Cl)cc3)n(CC(O)C(F)(F)F)c2=O)nn1-c1ccccc1. The van der Waals surface area contributed by atoms with Crippen LogP contribution in [-0.4, -0.2) is 58.6 Å². The summed E-state index contributed by atoms with van der Waals surface area (Å²) in [5, 5.41) is 22.0. The van der Waals surface area contributed by atoms with Crippen LogP contribution in [0.2, 0.25) is 5.02 Å². The van der Waals surface area contributed by atoms with Crippen LogP contribution < -0.4 is 16.7 Å². The first kappa shape index (κ1) is 27.4. The highest BCUT2D eigenvalue weighted by Gasteiger charge is 2.39. The molecule has 4 N–H and O–H groups in total. The first-order chi connectivity index (χ1) is 17.8. The van der Waals surface area contributed by atoms with Gasteiger partial charge in [0.05, 0.1) is 12.2 Å². The minimum absolute atomic E-state index is 0.0688. The Morgan fingerprint density at radius 3 is 2.34 bits per heavy atom. The molecule has 2 aromatic heterocycles. The topological polar surface area (TPSA) is 129 Å². The third kappa shape index (κ3) is 6.41. The molecule has 0 bridgehead atoms. The van der Waals surface area contributed by atoms with Crippen molar-refractivity contribution < 1.29 is 18.3 Å². The zero-order valence-corrected chi connectivity index (χ0v) is 21.3. The average Bonchev–Trinajstić information content (AvgIpc) is 3.39. The molecule has 38 heavy (non-hydrogen) atoms. The second-order valence-electron chi connectivity index (χ2n) is 9.38. The molecule has 4 rings (SSSR count). The predicted molar refractivity (Wildman–Crippen MR) is 136 cm³/mol. The summed E-state index contributed by atoms with van der Waals surface area (Å²) in [6, 6.07) is 15.2. The molecular weight excluding hydrogens is 525 g/mol. The molecule has 202 valence electrons. The van der Waals surface area contributed by atoms with Gasteiger partial charge in [0.1, 0.15) is 6.54 Å². The summed E-state index contributed by atoms with van der Waals surface area (Å²) in [6.45, 7) is 2.76. The molecule has 1 unspecified atom stereocenters. The lowest BCUT2D eigenvalue weighted by atomic mass is 10.1. The maximum atomic E-state index is 13.2. The number of nitrogens with two attached hydrogens (primary N) is 1. The molecule has 0 aliphatic carbocycles. The van der Waals surface area contributed by atoms with E-state index in [0.717, 1.165) is 9.25 Å². The van der Waals surface area contributed by atoms with E-state index in [1.54, 1.807) is 0 Å². The Morgan fingerprint density at radius 1 is 1.08 bits per heavy atom. The Balaban J connectivity index is 1.74. The summed E-state index contributed by atoms with van der Waals surface area (Å²) < 4.78 is 42.6. The van der Waals surface area contributed by atoms with Crippen LogP contribution in [-0.2, 0) is 13.1 Å². The van der Waals surface area contributed by atoms with E-state index in [0.29, 0.717) is 28.8 Å². The number of alkyl halides is 3. The molecule has 0 aliphatic rings. The van der Waals surface area contributed by atoms with Crippen molar-refractivity contribution in [1.29, 1.82) is 0 Å². The Bertz CT molecular complexity index is 1440. The van der Waals surface area contributed by atoms with Gasteiger partial charge in [0, 0.05) is 22.7 Å². The van der Waals surface area contributed by atoms with E-state index < -0.39 is 30.1 Å². The molecule has 4 aromatic rings. The van der Waals surface area contributed by atoms with E-state index in [9.17, 15) is 23.1 Å². The van der Waals surface area contributed by atoms with Gasteiger partial charge >= 0.3 is 11.9 Å². The quantitative estimate of drug-likeness (QED) is 0.292. The van der Waals surface area contributed by atoms with Crippen LogP contribution in [0.15, 0.2) is 59.4 Å². The first-order valence-corrected chi connectivity index (χ1v) is 11.9. The van der Waals surface area contributed by atoms with Gasteiger partial charge in [-0.2, -0.15) is 22.8 Å². The van der Waals surface area contributed by atoms with E-state index in [1.807, 2.05) is 44.2 Å². The smallest absolute Gasteiger partial charge is 0.382 e. The highest BCUT2D eigenvalue weighted by atomic mass is 35.5. The first-order valence-electron chi connectivity index (χ1n) is 11.5. The lowest BCUT2D eigenvalue weighted by molar-refractivity contribution is -0.207.